The van der Waals surface area contributed by atoms with Gasteiger partial charge in [-0.2, -0.15) is 13.2 Å². The van der Waals surface area contributed by atoms with Gasteiger partial charge in [-0.15, -0.1) is 11.3 Å². The first-order valence-electron chi connectivity index (χ1n) is 4.68. The molecule has 1 aromatic heterocycles. The molecule has 0 saturated heterocycles. The van der Waals surface area contributed by atoms with Gasteiger partial charge >= 0.3 is 12.1 Å². The average molecular weight is 251 g/mol. The van der Waals surface area contributed by atoms with E-state index in [0.717, 1.165) is 12.8 Å². The molecule has 16 heavy (non-hydrogen) atoms. The smallest absolute Gasteiger partial charge is 0.435 e. The lowest BCUT2D eigenvalue weighted by Crippen LogP contribution is -2.11. The summed E-state index contributed by atoms with van der Waals surface area (Å²) in [7, 11) is 0. The Morgan fingerprint density at radius 1 is 1.50 bits per heavy atom. The molecule has 1 aromatic rings. The van der Waals surface area contributed by atoms with Crippen molar-refractivity contribution in [1.82, 2.24) is 4.98 Å². The Hall–Kier alpha value is -1.11. The van der Waals surface area contributed by atoms with Crippen molar-refractivity contribution in [2.75, 3.05) is 0 Å². The molecule has 2 rings (SSSR count). The fraction of sp³-hybridized carbons (Fsp3) is 0.556. The van der Waals surface area contributed by atoms with Crippen molar-refractivity contribution in [3.63, 3.8) is 0 Å². The molecule has 3 nitrogen and oxygen atoms in total. The van der Waals surface area contributed by atoms with E-state index in [1.54, 1.807) is 0 Å². The third kappa shape index (κ3) is 2.34. The lowest BCUT2D eigenvalue weighted by atomic mass is 10.3. The quantitative estimate of drug-likeness (QED) is 0.898. The van der Waals surface area contributed by atoms with Gasteiger partial charge in [0, 0.05) is 6.42 Å². The Morgan fingerprint density at radius 2 is 2.12 bits per heavy atom. The number of nitrogens with zero attached hydrogens (tertiary/aromatic N) is 1. The second-order valence-electron chi connectivity index (χ2n) is 3.74. The predicted molar refractivity (Wildman–Crippen MR) is 50.5 cm³/mol. The van der Waals surface area contributed by atoms with E-state index in [2.05, 4.69) is 4.98 Å². The number of thiazole rings is 1. The van der Waals surface area contributed by atoms with Crippen molar-refractivity contribution >= 4 is 17.3 Å². The van der Waals surface area contributed by atoms with Gasteiger partial charge in [-0.25, -0.2) is 9.78 Å². The molecule has 0 bridgehead atoms. The molecule has 7 heteroatoms. The molecule has 0 aliphatic heterocycles. The highest BCUT2D eigenvalue weighted by Crippen LogP contribution is 2.38. The van der Waals surface area contributed by atoms with Crippen LogP contribution in [0.1, 0.15) is 33.2 Å². The maximum atomic E-state index is 12.5. The number of carbonyl (C=O) groups is 1. The third-order valence-corrected chi connectivity index (χ3v) is 3.36. The molecular formula is C9H8F3NO2S. The van der Waals surface area contributed by atoms with Crippen LogP contribution in [0, 0.1) is 5.92 Å². The molecule has 1 heterocycles. The minimum absolute atomic E-state index is 0.271. The zero-order chi connectivity index (χ0) is 11.9. The number of hydrogen-bond acceptors (Lipinski definition) is 3. The number of halogens is 3. The highest BCUT2D eigenvalue weighted by Gasteiger charge is 2.40. The summed E-state index contributed by atoms with van der Waals surface area (Å²) in [6.45, 7) is 0. The highest BCUT2D eigenvalue weighted by molar-refractivity contribution is 7.13. The van der Waals surface area contributed by atoms with E-state index >= 15 is 0 Å². The molecule has 0 spiro atoms. The topological polar surface area (TPSA) is 50.2 Å². The van der Waals surface area contributed by atoms with Crippen LogP contribution in [-0.4, -0.2) is 16.1 Å². The lowest BCUT2D eigenvalue weighted by molar-refractivity contribution is -0.141. The van der Waals surface area contributed by atoms with E-state index in [0.29, 0.717) is 23.7 Å². The fourth-order valence-electron chi connectivity index (χ4n) is 1.36. The minimum atomic E-state index is -4.69. The summed E-state index contributed by atoms with van der Waals surface area (Å²) in [5.41, 5.74) is -1.26. The first-order chi connectivity index (χ1) is 7.38. The van der Waals surface area contributed by atoms with Crippen LogP contribution in [0.3, 0.4) is 0 Å². The minimum Gasteiger partial charge on any atom is -0.477 e. The monoisotopic (exact) mass is 251 g/mol. The zero-order valence-corrected chi connectivity index (χ0v) is 8.86. The number of hydrogen-bond donors (Lipinski definition) is 1. The summed E-state index contributed by atoms with van der Waals surface area (Å²) >= 11 is 0.632. The van der Waals surface area contributed by atoms with Crippen molar-refractivity contribution in [3.8, 4) is 0 Å². The molecule has 1 aliphatic rings. The van der Waals surface area contributed by atoms with Crippen molar-refractivity contribution in [2.45, 2.75) is 25.4 Å². The van der Waals surface area contributed by atoms with Crippen molar-refractivity contribution < 1.29 is 23.1 Å². The van der Waals surface area contributed by atoms with Crippen LogP contribution in [0.15, 0.2) is 0 Å². The molecule has 0 unspecified atom stereocenters. The van der Waals surface area contributed by atoms with Gasteiger partial charge in [-0.05, 0) is 18.8 Å². The van der Waals surface area contributed by atoms with Crippen LogP contribution < -0.4 is 0 Å². The van der Waals surface area contributed by atoms with Crippen molar-refractivity contribution in [3.05, 3.63) is 15.6 Å². The Morgan fingerprint density at radius 3 is 2.50 bits per heavy atom. The van der Waals surface area contributed by atoms with Crippen LogP contribution in [0.4, 0.5) is 13.2 Å². The van der Waals surface area contributed by atoms with Crippen LogP contribution >= 0.6 is 11.3 Å². The van der Waals surface area contributed by atoms with E-state index in [4.69, 9.17) is 5.11 Å². The summed E-state index contributed by atoms with van der Waals surface area (Å²) < 4.78 is 37.4. The van der Waals surface area contributed by atoms with Gasteiger partial charge < -0.3 is 5.11 Å². The van der Waals surface area contributed by atoms with E-state index in [1.165, 1.54) is 0 Å². The second kappa shape index (κ2) is 3.73. The SMILES string of the molecule is O=C(O)c1sc(CC2CC2)nc1C(F)(F)F. The number of alkyl halides is 3. The number of aromatic carboxylic acids is 1. The van der Waals surface area contributed by atoms with E-state index in [-0.39, 0.29) is 5.01 Å². The second-order valence-corrected chi connectivity index (χ2v) is 4.82. The molecule has 1 fully saturated rings. The average Bonchev–Trinajstić information content (AvgIpc) is 2.79. The number of rotatable bonds is 3. The van der Waals surface area contributed by atoms with Crippen molar-refractivity contribution in [2.24, 2.45) is 5.92 Å². The summed E-state index contributed by atoms with van der Waals surface area (Å²) in [6.07, 6.45) is -2.25. The van der Waals surface area contributed by atoms with Crippen LogP contribution in [-0.2, 0) is 12.6 Å². The van der Waals surface area contributed by atoms with Gasteiger partial charge in [-0.3, -0.25) is 0 Å². The number of carboxylic acid groups (broad SMARTS) is 1. The number of carboxylic acids is 1. The lowest BCUT2D eigenvalue weighted by Gasteiger charge is -2.02. The predicted octanol–water partition coefficient (Wildman–Crippen LogP) is 2.81. The number of aromatic nitrogens is 1. The normalized spacial score (nSPS) is 16.4. The standard InChI is InChI=1S/C9H8F3NO2S/c10-9(11,12)7-6(8(14)15)16-5(13-7)3-4-1-2-4/h4H,1-3H2,(H,14,15). The van der Waals surface area contributed by atoms with E-state index in [1.807, 2.05) is 0 Å². The van der Waals surface area contributed by atoms with Gasteiger partial charge in [0.15, 0.2) is 5.69 Å². The van der Waals surface area contributed by atoms with Gasteiger partial charge in [0.05, 0.1) is 5.01 Å². The molecule has 0 amide bonds. The van der Waals surface area contributed by atoms with Gasteiger partial charge in [0.2, 0.25) is 0 Å². The maximum Gasteiger partial charge on any atom is 0.435 e. The Kier molecular flexibility index (Phi) is 2.65. The first kappa shape index (κ1) is 11.4. The summed E-state index contributed by atoms with van der Waals surface area (Å²) in [6, 6.07) is 0. The fourth-order valence-corrected chi connectivity index (χ4v) is 2.39. The Bertz CT molecular complexity index is 423. The molecule has 1 N–H and O–H groups in total. The third-order valence-electron chi connectivity index (χ3n) is 2.29. The maximum absolute atomic E-state index is 12.5. The largest absolute Gasteiger partial charge is 0.477 e. The van der Waals surface area contributed by atoms with Gasteiger partial charge in [0.1, 0.15) is 4.88 Å². The van der Waals surface area contributed by atoms with Crippen LogP contribution in [0.2, 0.25) is 0 Å². The van der Waals surface area contributed by atoms with Crippen LogP contribution in [0.5, 0.6) is 0 Å². The van der Waals surface area contributed by atoms with Gasteiger partial charge in [0.25, 0.3) is 0 Å². The molecule has 0 atom stereocenters. The van der Waals surface area contributed by atoms with E-state index < -0.39 is 22.7 Å². The molecular weight excluding hydrogens is 243 g/mol. The highest BCUT2D eigenvalue weighted by atomic mass is 32.1. The van der Waals surface area contributed by atoms with Gasteiger partial charge in [-0.1, -0.05) is 0 Å². The molecule has 0 radical (unpaired) electrons. The summed E-state index contributed by atoms with van der Waals surface area (Å²) in [4.78, 5) is 13.3. The van der Waals surface area contributed by atoms with Crippen molar-refractivity contribution in [1.29, 1.82) is 0 Å². The summed E-state index contributed by atoms with van der Waals surface area (Å²) in [5, 5.41) is 8.93. The Labute approximate surface area is 92.9 Å². The first-order valence-corrected chi connectivity index (χ1v) is 5.49. The Balaban J connectivity index is 2.32. The summed E-state index contributed by atoms with van der Waals surface area (Å²) in [5.74, 6) is -1.18. The zero-order valence-electron chi connectivity index (χ0n) is 8.04. The molecule has 0 aromatic carbocycles. The molecule has 1 saturated carbocycles. The van der Waals surface area contributed by atoms with E-state index in [9.17, 15) is 18.0 Å². The van der Waals surface area contributed by atoms with Crippen LogP contribution in [0.25, 0.3) is 0 Å². The molecule has 88 valence electrons. The molecule has 1 aliphatic carbocycles.